The zero-order valence-corrected chi connectivity index (χ0v) is 15.4. The summed E-state index contributed by atoms with van der Waals surface area (Å²) in [4.78, 5) is 15.9. The molecule has 1 heterocycles. The van der Waals surface area contributed by atoms with Gasteiger partial charge < -0.3 is 5.32 Å². The van der Waals surface area contributed by atoms with E-state index in [0.717, 1.165) is 22.3 Å². The zero-order chi connectivity index (χ0) is 18.8. The Morgan fingerprint density at radius 2 is 1.74 bits per heavy atom. The molecule has 1 N–H and O–H groups in total. The number of fused-ring (bicyclic) bond motifs is 1. The van der Waals surface area contributed by atoms with Gasteiger partial charge >= 0.3 is 0 Å². The molecule has 0 saturated heterocycles. The minimum Gasteiger partial charge on any atom is -0.350 e. The van der Waals surface area contributed by atoms with Gasteiger partial charge in [0.25, 0.3) is 0 Å². The second kappa shape index (κ2) is 7.08. The number of rotatable bonds is 4. The molecule has 1 atom stereocenters. The van der Waals surface area contributed by atoms with E-state index in [1.54, 1.807) is 0 Å². The summed E-state index contributed by atoms with van der Waals surface area (Å²) in [6, 6.07) is 24.9. The highest BCUT2D eigenvalue weighted by Gasteiger charge is 2.11. The number of aromatic nitrogens is 2. The molecule has 0 aliphatic rings. The van der Waals surface area contributed by atoms with Crippen molar-refractivity contribution in [1.29, 1.82) is 0 Å². The van der Waals surface area contributed by atoms with Crippen LogP contribution in [-0.4, -0.2) is 15.5 Å². The van der Waals surface area contributed by atoms with Crippen molar-refractivity contribution in [2.75, 3.05) is 0 Å². The quantitative estimate of drug-likeness (QED) is 0.566. The molecule has 0 aliphatic carbocycles. The molecule has 0 fully saturated rings. The van der Waals surface area contributed by atoms with E-state index in [0.29, 0.717) is 0 Å². The minimum atomic E-state index is -0.0431. The predicted octanol–water partition coefficient (Wildman–Crippen LogP) is 4.89. The van der Waals surface area contributed by atoms with Crippen LogP contribution in [-0.2, 0) is 4.79 Å². The van der Waals surface area contributed by atoms with Crippen LogP contribution in [0.2, 0.25) is 0 Å². The zero-order valence-electron chi connectivity index (χ0n) is 15.4. The normalized spacial score (nSPS) is 12.1. The molecule has 0 spiro atoms. The van der Waals surface area contributed by atoms with Gasteiger partial charge in [-0.3, -0.25) is 9.36 Å². The third-order valence-corrected chi connectivity index (χ3v) is 4.72. The third-order valence-electron chi connectivity index (χ3n) is 4.72. The van der Waals surface area contributed by atoms with Gasteiger partial charge in [-0.25, -0.2) is 4.98 Å². The summed E-state index contributed by atoms with van der Waals surface area (Å²) in [6.45, 7) is 3.51. The summed E-state index contributed by atoms with van der Waals surface area (Å²) >= 11 is 0. The van der Waals surface area contributed by atoms with E-state index in [9.17, 15) is 4.79 Å². The lowest BCUT2D eigenvalue weighted by molar-refractivity contribution is -0.119. The lowest BCUT2D eigenvalue weighted by atomic mass is 10.1. The van der Waals surface area contributed by atoms with Crippen LogP contribution in [0.15, 0.2) is 79.1 Å². The Hall–Kier alpha value is -3.40. The average molecular weight is 355 g/mol. The van der Waals surface area contributed by atoms with Crippen LogP contribution in [0.3, 0.4) is 0 Å². The fourth-order valence-corrected chi connectivity index (χ4v) is 3.36. The highest BCUT2D eigenvalue weighted by Crippen LogP contribution is 2.26. The van der Waals surface area contributed by atoms with E-state index < -0.39 is 0 Å². The number of carbonyl (C=O) groups excluding carboxylic acids is 1. The van der Waals surface area contributed by atoms with Gasteiger partial charge in [0.1, 0.15) is 6.33 Å². The first kappa shape index (κ1) is 17.0. The second-order valence-electron chi connectivity index (χ2n) is 6.70. The molecular formula is C23H21N3O. The summed E-state index contributed by atoms with van der Waals surface area (Å²) in [7, 11) is 0. The molecule has 0 unspecified atom stereocenters. The van der Waals surface area contributed by atoms with E-state index in [4.69, 9.17) is 0 Å². The number of nitrogens with one attached hydrogen (secondary N) is 1. The van der Waals surface area contributed by atoms with Gasteiger partial charge in [0.2, 0.25) is 5.91 Å². The molecule has 4 heteroatoms. The van der Waals surface area contributed by atoms with E-state index in [2.05, 4.69) is 57.3 Å². The Labute approximate surface area is 158 Å². The fourth-order valence-electron chi connectivity index (χ4n) is 3.36. The predicted molar refractivity (Wildman–Crippen MR) is 109 cm³/mol. The van der Waals surface area contributed by atoms with Crippen LogP contribution < -0.4 is 5.32 Å². The van der Waals surface area contributed by atoms with Gasteiger partial charge in [-0.15, -0.1) is 0 Å². The molecule has 1 aromatic heterocycles. The number of imidazole rings is 1. The summed E-state index contributed by atoms with van der Waals surface area (Å²) in [5.74, 6) is -0.0362. The summed E-state index contributed by atoms with van der Waals surface area (Å²) in [5.41, 5.74) is 6.43. The molecule has 4 aromatic rings. The molecule has 4 nitrogen and oxygen atoms in total. The largest absolute Gasteiger partial charge is 0.350 e. The molecule has 0 aliphatic heterocycles. The standard InChI is InChI=1S/C23H21N3O/c1-16(25-17(2)27)19-11-12-23-22(14-19)24-15-26(23)21-10-6-9-20(13-21)18-7-4-3-5-8-18/h3-16H,1-2H3,(H,25,27)/t16-/m0/s1. The molecule has 0 radical (unpaired) electrons. The fraction of sp³-hybridized carbons (Fsp3) is 0.130. The minimum absolute atomic E-state index is 0.0362. The third kappa shape index (κ3) is 3.47. The van der Waals surface area contributed by atoms with Crippen molar-refractivity contribution in [2.45, 2.75) is 19.9 Å². The number of carbonyl (C=O) groups is 1. The van der Waals surface area contributed by atoms with E-state index in [-0.39, 0.29) is 11.9 Å². The molecule has 134 valence electrons. The van der Waals surface area contributed by atoms with Crippen molar-refractivity contribution in [3.8, 4) is 16.8 Å². The van der Waals surface area contributed by atoms with Crippen LogP contribution in [0.1, 0.15) is 25.5 Å². The maximum Gasteiger partial charge on any atom is 0.217 e. The molecule has 27 heavy (non-hydrogen) atoms. The molecule has 0 saturated carbocycles. The highest BCUT2D eigenvalue weighted by molar-refractivity contribution is 5.79. The van der Waals surface area contributed by atoms with Crippen LogP contribution in [0.5, 0.6) is 0 Å². The SMILES string of the molecule is CC(=O)N[C@@H](C)c1ccc2c(c1)ncn2-c1cccc(-c2ccccc2)c1. The Bertz CT molecular complexity index is 1100. The monoisotopic (exact) mass is 355 g/mol. The van der Waals surface area contributed by atoms with Crippen LogP contribution in [0.4, 0.5) is 0 Å². The number of nitrogens with zero attached hydrogens (tertiary/aromatic N) is 2. The molecule has 0 bridgehead atoms. The van der Waals surface area contributed by atoms with Gasteiger partial charge in [0, 0.05) is 12.6 Å². The Morgan fingerprint density at radius 1 is 0.963 bits per heavy atom. The number of hydrogen-bond acceptors (Lipinski definition) is 2. The molecule has 3 aromatic carbocycles. The van der Waals surface area contributed by atoms with Gasteiger partial charge in [0.15, 0.2) is 0 Å². The smallest absolute Gasteiger partial charge is 0.217 e. The van der Waals surface area contributed by atoms with Crippen molar-refractivity contribution >= 4 is 16.9 Å². The molecular weight excluding hydrogens is 334 g/mol. The van der Waals surface area contributed by atoms with Crippen LogP contribution >= 0.6 is 0 Å². The first-order valence-electron chi connectivity index (χ1n) is 9.02. The summed E-state index contributed by atoms with van der Waals surface area (Å²) in [5, 5.41) is 2.91. The Morgan fingerprint density at radius 3 is 2.52 bits per heavy atom. The van der Waals surface area contributed by atoms with Gasteiger partial charge in [-0.1, -0.05) is 48.5 Å². The lowest BCUT2D eigenvalue weighted by Gasteiger charge is -2.13. The highest BCUT2D eigenvalue weighted by atomic mass is 16.1. The summed E-state index contributed by atoms with van der Waals surface area (Å²) < 4.78 is 2.09. The van der Waals surface area contributed by atoms with Crippen molar-refractivity contribution in [3.05, 3.63) is 84.7 Å². The van der Waals surface area contributed by atoms with Crippen LogP contribution in [0.25, 0.3) is 27.8 Å². The van der Waals surface area contributed by atoms with E-state index >= 15 is 0 Å². The van der Waals surface area contributed by atoms with Crippen LogP contribution in [0, 0.1) is 0 Å². The average Bonchev–Trinajstić information content (AvgIpc) is 3.11. The maximum absolute atomic E-state index is 11.3. The molecule has 1 amide bonds. The van der Waals surface area contributed by atoms with Gasteiger partial charge in [-0.05, 0) is 47.9 Å². The number of hydrogen-bond donors (Lipinski definition) is 1. The number of benzene rings is 3. The van der Waals surface area contributed by atoms with E-state index in [1.807, 2.05) is 43.6 Å². The van der Waals surface area contributed by atoms with E-state index in [1.165, 1.54) is 18.1 Å². The van der Waals surface area contributed by atoms with Crippen molar-refractivity contribution < 1.29 is 4.79 Å². The van der Waals surface area contributed by atoms with Crippen molar-refractivity contribution in [1.82, 2.24) is 14.9 Å². The molecule has 4 rings (SSSR count). The van der Waals surface area contributed by atoms with Gasteiger partial charge in [-0.2, -0.15) is 0 Å². The maximum atomic E-state index is 11.3. The first-order chi connectivity index (χ1) is 13.1. The Balaban J connectivity index is 1.72. The number of amides is 1. The lowest BCUT2D eigenvalue weighted by Crippen LogP contribution is -2.23. The first-order valence-corrected chi connectivity index (χ1v) is 9.02. The Kier molecular flexibility index (Phi) is 4.47. The summed E-state index contributed by atoms with van der Waals surface area (Å²) in [6.07, 6.45) is 1.85. The van der Waals surface area contributed by atoms with Crippen molar-refractivity contribution in [2.24, 2.45) is 0 Å². The second-order valence-corrected chi connectivity index (χ2v) is 6.70. The topological polar surface area (TPSA) is 46.9 Å². The van der Waals surface area contributed by atoms with Crippen molar-refractivity contribution in [3.63, 3.8) is 0 Å². The van der Waals surface area contributed by atoms with Gasteiger partial charge in [0.05, 0.1) is 17.1 Å².